The van der Waals surface area contributed by atoms with Crippen LogP contribution in [0.1, 0.15) is 60.1 Å². The predicted molar refractivity (Wildman–Crippen MR) is 137 cm³/mol. The Morgan fingerprint density at radius 2 is 1.71 bits per heavy atom. The van der Waals surface area contributed by atoms with Gasteiger partial charge in [-0.3, -0.25) is 9.59 Å². The van der Waals surface area contributed by atoms with Gasteiger partial charge in [-0.15, -0.1) is 0 Å². The van der Waals surface area contributed by atoms with E-state index in [1.807, 2.05) is 36.4 Å². The number of benzene rings is 2. The van der Waals surface area contributed by atoms with Crippen LogP contribution in [0, 0.1) is 5.92 Å². The molecule has 3 aromatic rings. The summed E-state index contributed by atoms with van der Waals surface area (Å²) in [5.41, 5.74) is 3.77. The molecule has 0 spiro atoms. The number of amides is 2. The average molecular weight is 490 g/mol. The van der Waals surface area contributed by atoms with E-state index < -0.39 is 0 Å². The summed E-state index contributed by atoms with van der Waals surface area (Å²) >= 11 is 6.41. The fraction of sp³-hybridized carbons (Fsp3) is 0.333. The number of anilines is 3. The number of carbonyl (C=O) groups excluding carboxylic acids is 2. The normalized spacial score (nSPS) is 15.6. The standard InChI is InChI=1S/C27H28ClN5O2/c28-22-16-29-27(31-21-13-11-18(12-14-21)25(34)30-20-6-2-3-7-20)33-24(22)15-19-5-1-4-8-23(19)32-26(35)17-9-10-17/h1,4-5,8,11-14,16-17,20H,2-3,6-7,9-10,15H2,(H,30,34)(H,32,35)(H,29,31,33). The quantitative estimate of drug-likeness (QED) is 0.389. The number of nitrogens with one attached hydrogen (secondary N) is 3. The van der Waals surface area contributed by atoms with Crippen LogP contribution in [0.2, 0.25) is 5.02 Å². The number of carbonyl (C=O) groups is 2. The van der Waals surface area contributed by atoms with Gasteiger partial charge in [-0.25, -0.2) is 9.97 Å². The van der Waals surface area contributed by atoms with E-state index in [0.29, 0.717) is 28.6 Å². The highest BCUT2D eigenvalue weighted by molar-refractivity contribution is 6.31. The minimum Gasteiger partial charge on any atom is -0.349 e. The molecule has 0 bridgehead atoms. The number of hydrogen-bond donors (Lipinski definition) is 3. The summed E-state index contributed by atoms with van der Waals surface area (Å²) in [4.78, 5) is 33.6. The molecule has 180 valence electrons. The van der Waals surface area contributed by atoms with E-state index in [2.05, 4.69) is 25.9 Å². The van der Waals surface area contributed by atoms with Gasteiger partial charge in [0, 0.05) is 35.3 Å². The highest BCUT2D eigenvalue weighted by Gasteiger charge is 2.30. The second kappa shape index (κ2) is 10.4. The maximum Gasteiger partial charge on any atom is 0.251 e. The predicted octanol–water partition coefficient (Wildman–Crippen LogP) is 5.49. The van der Waals surface area contributed by atoms with Crippen molar-refractivity contribution >= 4 is 40.7 Å². The molecule has 2 saturated carbocycles. The van der Waals surface area contributed by atoms with E-state index in [1.54, 1.807) is 18.3 Å². The van der Waals surface area contributed by atoms with E-state index in [1.165, 1.54) is 12.8 Å². The van der Waals surface area contributed by atoms with Gasteiger partial charge < -0.3 is 16.0 Å². The Kier molecular flexibility index (Phi) is 6.95. The average Bonchev–Trinajstić information content (AvgIpc) is 3.60. The summed E-state index contributed by atoms with van der Waals surface area (Å²) in [5, 5.41) is 9.77. The minimum atomic E-state index is -0.0408. The van der Waals surface area contributed by atoms with Crippen molar-refractivity contribution in [2.75, 3.05) is 10.6 Å². The Bertz CT molecular complexity index is 1220. The van der Waals surface area contributed by atoms with Crippen LogP contribution in [-0.2, 0) is 11.2 Å². The van der Waals surface area contributed by atoms with Crippen molar-refractivity contribution in [1.29, 1.82) is 0 Å². The number of para-hydroxylation sites is 1. The maximum atomic E-state index is 12.5. The van der Waals surface area contributed by atoms with Gasteiger partial charge in [-0.2, -0.15) is 0 Å². The van der Waals surface area contributed by atoms with E-state index in [0.717, 1.165) is 42.6 Å². The molecule has 2 aliphatic carbocycles. The fourth-order valence-corrected chi connectivity index (χ4v) is 4.47. The third-order valence-electron chi connectivity index (χ3n) is 6.49. The molecule has 1 aromatic heterocycles. The first-order chi connectivity index (χ1) is 17.0. The van der Waals surface area contributed by atoms with Crippen LogP contribution < -0.4 is 16.0 Å². The monoisotopic (exact) mass is 489 g/mol. The van der Waals surface area contributed by atoms with E-state index in [9.17, 15) is 9.59 Å². The number of rotatable bonds is 8. The molecule has 1 heterocycles. The first-order valence-corrected chi connectivity index (χ1v) is 12.5. The molecule has 35 heavy (non-hydrogen) atoms. The third kappa shape index (κ3) is 5.98. The molecule has 8 heteroatoms. The number of hydrogen-bond acceptors (Lipinski definition) is 5. The highest BCUT2D eigenvalue weighted by atomic mass is 35.5. The Morgan fingerprint density at radius 1 is 0.971 bits per heavy atom. The van der Waals surface area contributed by atoms with Gasteiger partial charge in [0.05, 0.1) is 16.9 Å². The van der Waals surface area contributed by atoms with E-state index in [4.69, 9.17) is 11.6 Å². The molecule has 2 amide bonds. The van der Waals surface area contributed by atoms with Gasteiger partial charge >= 0.3 is 0 Å². The van der Waals surface area contributed by atoms with Crippen molar-refractivity contribution in [3.63, 3.8) is 0 Å². The van der Waals surface area contributed by atoms with Gasteiger partial charge in [-0.1, -0.05) is 42.6 Å². The van der Waals surface area contributed by atoms with Crippen molar-refractivity contribution in [3.8, 4) is 0 Å². The highest BCUT2D eigenvalue weighted by Crippen LogP contribution is 2.31. The van der Waals surface area contributed by atoms with Crippen molar-refractivity contribution in [1.82, 2.24) is 15.3 Å². The third-order valence-corrected chi connectivity index (χ3v) is 6.81. The van der Waals surface area contributed by atoms with Crippen molar-refractivity contribution in [3.05, 3.63) is 76.6 Å². The van der Waals surface area contributed by atoms with Gasteiger partial charge in [0.15, 0.2) is 0 Å². The Morgan fingerprint density at radius 3 is 2.46 bits per heavy atom. The van der Waals surface area contributed by atoms with E-state index in [-0.39, 0.29) is 23.8 Å². The lowest BCUT2D eigenvalue weighted by Crippen LogP contribution is -2.32. The zero-order valence-electron chi connectivity index (χ0n) is 19.4. The van der Waals surface area contributed by atoms with Crippen molar-refractivity contribution in [2.24, 2.45) is 5.92 Å². The maximum absolute atomic E-state index is 12.5. The zero-order valence-corrected chi connectivity index (χ0v) is 20.1. The van der Waals surface area contributed by atoms with Gasteiger partial charge in [0.2, 0.25) is 11.9 Å². The summed E-state index contributed by atoms with van der Waals surface area (Å²) in [6, 6.07) is 15.2. The molecule has 3 N–H and O–H groups in total. The number of halogens is 1. The summed E-state index contributed by atoms with van der Waals surface area (Å²) < 4.78 is 0. The van der Waals surface area contributed by atoms with Crippen LogP contribution in [0.25, 0.3) is 0 Å². The molecule has 5 rings (SSSR count). The zero-order chi connectivity index (χ0) is 24.2. The molecule has 0 atom stereocenters. The molecule has 0 radical (unpaired) electrons. The summed E-state index contributed by atoms with van der Waals surface area (Å²) in [6.07, 6.45) is 8.39. The lowest BCUT2D eigenvalue weighted by Gasteiger charge is -2.13. The molecule has 0 unspecified atom stereocenters. The van der Waals surface area contributed by atoms with Crippen LogP contribution in [-0.4, -0.2) is 27.8 Å². The first kappa shape index (κ1) is 23.3. The van der Waals surface area contributed by atoms with Crippen molar-refractivity contribution < 1.29 is 9.59 Å². The van der Waals surface area contributed by atoms with Gasteiger partial charge in [-0.05, 0) is 61.6 Å². The lowest BCUT2D eigenvalue weighted by atomic mass is 10.1. The van der Waals surface area contributed by atoms with Gasteiger partial charge in [0.25, 0.3) is 5.91 Å². The molecular weight excluding hydrogens is 462 g/mol. The van der Waals surface area contributed by atoms with Crippen molar-refractivity contribution in [2.45, 2.75) is 51.0 Å². The molecule has 7 nitrogen and oxygen atoms in total. The topological polar surface area (TPSA) is 96.0 Å². The Hall–Kier alpha value is -3.45. The lowest BCUT2D eigenvalue weighted by molar-refractivity contribution is -0.117. The Balaban J connectivity index is 1.26. The van der Waals surface area contributed by atoms with Crippen LogP contribution in [0.5, 0.6) is 0 Å². The van der Waals surface area contributed by atoms with E-state index >= 15 is 0 Å². The molecule has 0 saturated heterocycles. The van der Waals surface area contributed by atoms with Crippen LogP contribution in [0.3, 0.4) is 0 Å². The smallest absolute Gasteiger partial charge is 0.251 e. The summed E-state index contributed by atoms with van der Waals surface area (Å²) in [7, 11) is 0. The number of nitrogens with zero attached hydrogens (tertiary/aromatic N) is 2. The van der Waals surface area contributed by atoms with Crippen LogP contribution >= 0.6 is 11.6 Å². The molecule has 2 fully saturated rings. The van der Waals surface area contributed by atoms with Crippen LogP contribution in [0.4, 0.5) is 17.3 Å². The minimum absolute atomic E-state index is 0.0408. The SMILES string of the molecule is O=C(NC1CCCC1)c1ccc(Nc2ncc(Cl)c(Cc3ccccc3NC(=O)C3CC3)n2)cc1. The fourth-order valence-electron chi connectivity index (χ4n) is 4.32. The second-order valence-electron chi connectivity index (χ2n) is 9.24. The number of aromatic nitrogens is 2. The first-order valence-electron chi connectivity index (χ1n) is 12.1. The Labute approximate surface area is 209 Å². The van der Waals surface area contributed by atoms with Crippen LogP contribution in [0.15, 0.2) is 54.7 Å². The summed E-state index contributed by atoms with van der Waals surface area (Å²) in [5.74, 6) is 0.559. The molecule has 2 aromatic carbocycles. The second-order valence-corrected chi connectivity index (χ2v) is 9.65. The molecular formula is C27H28ClN5O2. The largest absolute Gasteiger partial charge is 0.349 e. The van der Waals surface area contributed by atoms with Gasteiger partial charge in [0.1, 0.15) is 0 Å². The summed E-state index contributed by atoms with van der Waals surface area (Å²) in [6.45, 7) is 0. The molecule has 0 aliphatic heterocycles. The molecule has 2 aliphatic rings.